The van der Waals surface area contributed by atoms with Gasteiger partial charge in [0.1, 0.15) is 0 Å². The number of hydrogen-bond donors (Lipinski definition) is 2. The summed E-state index contributed by atoms with van der Waals surface area (Å²) in [6.45, 7) is 0. The first-order valence-electron chi connectivity index (χ1n) is 6.19. The number of alkyl halides is 3. The van der Waals surface area contributed by atoms with Crippen LogP contribution in [-0.4, -0.2) is 17.3 Å². The van der Waals surface area contributed by atoms with Gasteiger partial charge in [0, 0.05) is 0 Å². The molecule has 1 aromatic carbocycles. The summed E-state index contributed by atoms with van der Waals surface area (Å²) in [7, 11) is 0. The Morgan fingerprint density at radius 2 is 1.89 bits per heavy atom. The summed E-state index contributed by atoms with van der Waals surface area (Å²) in [6.07, 6.45) is -1.42. The third-order valence-electron chi connectivity index (χ3n) is 3.37. The minimum Gasteiger partial charge on any atom is -0.391 e. The molecule has 0 heterocycles. The first-order chi connectivity index (χ1) is 8.88. The van der Waals surface area contributed by atoms with Crippen molar-refractivity contribution in [1.29, 1.82) is 0 Å². The minimum atomic E-state index is -4.40. The fourth-order valence-electron chi connectivity index (χ4n) is 2.29. The highest BCUT2D eigenvalue weighted by atomic mass is 35.5. The maximum Gasteiger partial charge on any atom is 0.416 e. The van der Waals surface area contributed by atoms with Crippen molar-refractivity contribution >= 4 is 17.3 Å². The van der Waals surface area contributed by atoms with Gasteiger partial charge in [0.2, 0.25) is 0 Å². The number of hydrogen-bond acceptors (Lipinski definition) is 2. The van der Waals surface area contributed by atoms with E-state index in [0.717, 1.165) is 31.4 Å². The van der Waals surface area contributed by atoms with Crippen LogP contribution in [0, 0.1) is 0 Å². The molecular formula is C13H15ClF3NO. The lowest BCUT2D eigenvalue weighted by atomic mass is 9.92. The van der Waals surface area contributed by atoms with Gasteiger partial charge in [0.15, 0.2) is 0 Å². The first-order valence-corrected chi connectivity index (χ1v) is 6.57. The van der Waals surface area contributed by atoms with Crippen LogP contribution in [0.15, 0.2) is 18.2 Å². The van der Waals surface area contributed by atoms with Gasteiger partial charge in [0.05, 0.1) is 28.4 Å². The molecule has 1 saturated carbocycles. The second kappa shape index (κ2) is 5.59. The monoisotopic (exact) mass is 293 g/mol. The quantitative estimate of drug-likeness (QED) is 0.861. The van der Waals surface area contributed by atoms with Crippen LogP contribution in [0.3, 0.4) is 0 Å². The molecule has 0 aliphatic heterocycles. The van der Waals surface area contributed by atoms with E-state index in [9.17, 15) is 18.3 Å². The van der Waals surface area contributed by atoms with E-state index in [2.05, 4.69) is 5.32 Å². The normalized spacial score (nSPS) is 24.3. The van der Waals surface area contributed by atoms with Crippen molar-refractivity contribution in [2.24, 2.45) is 0 Å². The molecular weight excluding hydrogens is 279 g/mol. The highest BCUT2D eigenvalue weighted by Gasteiger charge is 2.31. The molecule has 2 nitrogen and oxygen atoms in total. The van der Waals surface area contributed by atoms with Crippen molar-refractivity contribution < 1.29 is 18.3 Å². The Kier molecular flexibility index (Phi) is 4.26. The van der Waals surface area contributed by atoms with Gasteiger partial charge in [-0.1, -0.05) is 24.4 Å². The van der Waals surface area contributed by atoms with E-state index in [4.69, 9.17) is 11.6 Å². The number of anilines is 1. The fourth-order valence-corrected chi connectivity index (χ4v) is 2.52. The van der Waals surface area contributed by atoms with Gasteiger partial charge >= 0.3 is 6.18 Å². The van der Waals surface area contributed by atoms with E-state index in [1.165, 1.54) is 6.07 Å². The van der Waals surface area contributed by atoms with E-state index < -0.39 is 17.8 Å². The molecule has 6 heteroatoms. The van der Waals surface area contributed by atoms with Gasteiger partial charge in [-0.3, -0.25) is 0 Å². The zero-order valence-corrected chi connectivity index (χ0v) is 10.9. The van der Waals surface area contributed by atoms with E-state index in [1.807, 2.05) is 0 Å². The first kappa shape index (κ1) is 14.5. The molecule has 1 aliphatic carbocycles. The van der Waals surface area contributed by atoms with Crippen molar-refractivity contribution in [1.82, 2.24) is 0 Å². The Morgan fingerprint density at radius 1 is 1.21 bits per heavy atom. The zero-order chi connectivity index (χ0) is 14.0. The molecule has 0 saturated heterocycles. The van der Waals surface area contributed by atoms with Gasteiger partial charge in [-0.05, 0) is 31.0 Å². The maximum atomic E-state index is 12.5. The molecule has 0 radical (unpaired) electrons. The zero-order valence-electron chi connectivity index (χ0n) is 10.2. The summed E-state index contributed by atoms with van der Waals surface area (Å²) in [6, 6.07) is 3.05. The van der Waals surface area contributed by atoms with Crippen LogP contribution in [0.4, 0.5) is 18.9 Å². The van der Waals surface area contributed by atoms with Crippen LogP contribution in [0.1, 0.15) is 31.2 Å². The Hall–Kier alpha value is -0.940. The SMILES string of the molecule is O[C@@H]1CCCC[C@H]1Nc1ccc(C(F)(F)F)cc1Cl. The lowest BCUT2D eigenvalue weighted by Gasteiger charge is -2.29. The molecule has 0 bridgehead atoms. The van der Waals surface area contributed by atoms with Crippen LogP contribution >= 0.6 is 11.6 Å². The predicted octanol–water partition coefficient (Wildman–Crippen LogP) is 4.07. The maximum absolute atomic E-state index is 12.5. The standard InChI is InChI=1S/C13H15ClF3NO/c14-9-7-8(13(15,16)17)5-6-10(9)18-11-3-1-2-4-12(11)19/h5-7,11-12,18-19H,1-4H2/t11-,12-/m1/s1. The summed E-state index contributed by atoms with van der Waals surface area (Å²) < 4.78 is 37.5. The summed E-state index contributed by atoms with van der Waals surface area (Å²) in [4.78, 5) is 0. The van der Waals surface area contributed by atoms with Gasteiger partial charge in [-0.25, -0.2) is 0 Å². The average molecular weight is 294 g/mol. The summed E-state index contributed by atoms with van der Waals surface area (Å²) in [5.74, 6) is 0. The molecule has 19 heavy (non-hydrogen) atoms. The van der Waals surface area contributed by atoms with E-state index in [0.29, 0.717) is 12.1 Å². The van der Waals surface area contributed by atoms with E-state index in [1.54, 1.807) is 0 Å². The highest BCUT2D eigenvalue weighted by molar-refractivity contribution is 6.33. The highest BCUT2D eigenvalue weighted by Crippen LogP contribution is 2.34. The average Bonchev–Trinajstić information content (AvgIpc) is 2.33. The van der Waals surface area contributed by atoms with Crippen molar-refractivity contribution in [3.63, 3.8) is 0 Å². The van der Waals surface area contributed by atoms with E-state index >= 15 is 0 Å². The summed E-state index contributed by atoms with van der Waals surface area (Å²) in [5, 5.41) is 12.9. The number of rotatable bonds is 2. The van der Waals surface area contributed by atoms with Gasteiger partial charge in [0.25, 0.3) is 0 Å². The molecule has 0 aromatic heterocycles. The summed E-state index contributed by atoms with van der Waals surface area (Å²) >= 11 is 5.86. The van der Waals surface area contributed by atoms with Crippen molar-refractivity contribution in [3.05, 3.63) is 28.8 Å². The Labute approximate surface area is 114 Å². The smallest absolute Gasteiger partial charge is 0.391 e. The van der Waals surface area contributed by atoms with Gasteiger partial charge in [-0.15, -0.1) is 0 Å². The number of halogens is 4. The number of nitrogens with one attached hydrogen (secondary N) is 1. The van der Waals surface area contributed by atoms with Crippen molar-refractivity contribution in [3.8, 4) is 0 Å². The number of aliphatic hydroxyl groups is 1. The Morgan fingerprint density at radius 3 is 2.47 bits per heavy atom. The van der Waals surface area contributed by atoms with E-state index in [-0.39, 0.29) is 11.1 Å². The third kappa shape index (κ3) is 3.54. The van der Waals surface area contributed by atoms with Crippen LogP contribution in [0.25, 0.3) is 0 Å². The van der Waals surface area contributed by atoms with Crippen LogP contribution in [0.2, 0.25) is 5.02 Å². The molecule has 0 spiro atoms. The third-order valence-corrected chi connectivity index (χ3v) is 3.68. The Balaban J connectivity index is 2.13. The second-order valence-corrected chi connectivity index (χ2v) is 5.20. The van der Waals surface area contributed by atoms with Gasteiger partial charge in [-0.2, -0.15) is 13.2 Å². The largest absolute Gasteiger partial charge is 0.416 e. The Bertz CT molecular complexity index is 450. The molecule has 2 rings (SSSR count). The molecule has 1 aliphatic rings. The van der Waals surface area contributed by atoms with Crippen molar-refractivity contribution in [2.75, 3.05) is 5.32 Å². The van der Waals surface area contributed by atoms with Crippen LogP contribution in [0.5, 0.6) is 0 Å². The fraction of sp³-hybridized carbons (Fsp3) is 0.538. The molecule has 2 N–H and O–H groups in total. The summed E-state index contributed by atoms with van der Waals surface area (Å²) in [5.41, 5.74) is -0.340. The second-order valence-electron chi connectivity index (χ2n) is 4.80. The number of aliphatic hydroxyl groups excluding tert-OH is 1. The molecule has 0 amide bonds. The molecule has 1 aromatic rings. The van der Waals surface area contributed by atoms with Crippen LogP contribution < -0.4 is 5.32 Å². The van der Waals surface area contributed by atoms with Crippen molar-refractivity contribution in [2.45, 2.75) is 44.0 Å². The van der Waals surface area contributed by atoms with Gasteiger partial charge < -0.3 is 10.4 Å². The topological polar surface area (TPSA) is 32.3 Å². The molecule has 1 fully saturated rings. The lowest BCUT2D eigenvalue weighted by Crippen LogP contribution is -2.36. The predicted molar refractivity (Wildman–Crippen MR) is 68.3 cm³/mol. The lowest BCUT2D eigenvalue weighted by molar-refractivity contribution is -0.137. The molecule has 106 valence electrons. The minimum absolute atomic E-state index is 0.0209. The van der Waals surface area contributed by atoms with Crippen LogP contribution in [-0.2, 0) is 6.18 Å². The molecule has 0 unspecified atom stereocenters. The molecule has 2 atom stereocenters. The number of benzene rings is 1.